The van der Waals surface area contributed by atoms with Gasteiger partial charge >= 0.3 is 0 Å². The molecule has 1 N–H and O–H groups in total. The molecular formula is C18H15FN2OS. The molecule has 1 amide bonds. The molecule has 0 bridgehead atoms. The van der Waals surface area contributed by atoms with Gasteiger partial charge in [0, 0.05) is 35.3 Å². The maximum atomic E-state index is 13.8. The van der Waals surface area contributed by atoms with Crippen LogP contribution in [0.2, 0.25) is 0 Å². The lowest BCUT2D eigenvalue weighted by molar-refractivity contribution is 0.0958. The standard InChI is InChI=1S/C18H15FN2OS/c19-15-7-2-1-6-14(15)16-8-9-17(23-16)18(22)21-12-10-13-5-3-4-11-20-13/h1-9,11H,10,12H2,(H,21,22). The summed E-state index contributed by atoms with van der Waals surface area (Å²) < 4.78 is 13.8. The molecule has 0 fully saturated rings. The zero-order valence-electron chi connectivity index (χ0n) is 12.3. The van der Waals surface area contributed by atoms with Crippen molar-refractivity contribution in [2.45, 2.75) is 6.42 Å². The Labute approximate surface area is 137 Å². The summed E-state index contributed by atoms with van der Waals surface area (Å²) in [6.07, 6.45) is 2.41. The van der Waals surface area contributed by atoms with Crippen molar-refractivity contribution in [1.82, 2.24) is 10.3 Å². The molecule has 3 rings (SSSR count). The van der Waals surface area contributed by atoms with Crippen LogP contribution >= 0.6 is 11.3 Å². The predicted molar refractivity (Wildman–Crippen MR) is 90.0 cm³/mol. The van der Waals surface area contributed by atoms with Crippen LogP contribution in [0.5, 0.6) is 0 Å². The highest BCUT2D eigenvalue weighted by molar-refractivity contribution is 7.17. The van der Waals surface area contributed by atoms with Gasteiger partial charge in [0.05, 0.1) is 4.88 Å². The topological polar surface area (TPSA) is 42.0 Å². The van der Waals surface area contributed by atoms with Gasteiger partial charge < -0.3 is 5.32 Å². The van der Waals surface area contributed by atoms with Crippen molar-refractivity contribution in [2.24, 2.45) is 0 Å². The van der Waals surface area contributed by atoms with Crippen LogP contribution in [-0.4, -0.2) is 17.4 Å². The molecule has 0 aliphatic heterocycles. The van der Waals surface area contributed by atoms with Crippen molar-refractivity contribution in [2.75, 3.05) is 6.54 Å². The highest BCUT2D eigenvalue weighted by Crippen LogP contribution is 2.29. The molecule has 0 aliphatic carbocycles. The Morgan fingerprint density at radius 1 is 1.09 bits per heavy atom. The number of amides is 1. The summed E-state index contributed by atoms with van der Waals surface area (Å²) in [6, 6.07) is 15.8. The van der Waals surface area contributed by atoms with Crippen molar-refractivity contribution < 1.29 is 9.18 Å². The van der Waals surface area contributed by atoms with Crippen LogP contribution in [-0.2, 0) is 6.42 Å². The van der Waals surface area contributed by atoms with Gasteiger partial charge in [0.15, 0.2) is 0 Å². The first-order valence-corrected chi connectivity index (χ1v) is 8.08. The van der Waals surface area contributed by atoms with Crippen molar-refractivity contribution in [1.29, 1.82) is 0 Å². The molecule has 5 heteroatoms. The van der Waals surface area contributed by atoms with E-state index in [0.717, 1.165) is 10.6 Å². The number of hydrogen-bond acceptors (Lipinski definition) is 3. The number of carbonyl (C=O) groups is 1. The van der Waals surface area contributed by atoms with Gasteiger partial charge in [-0.1, -0.05) is 24.3 Å². The van der Waals surface area contributed by atoms with Crippen molar-refractivity contribution in [3.63, 3.8) is 0 Å². The number of halogens is 1. The Bertz CT molecular complexity index is 802. The highest BCUT2D eigenvalue weighted by Gasteiger charge is 2.12. The molecular weight excluding hydrogens is 311 g/mol. The second kappa shape index (κ2) is 7.15. The number of nitrogens with one attached hydrogen (secondary N) is 1. The lowest BCUT2D eigenvalue weighted by Gasteiger charge is -2.03. The molecule has 0 atom stereocenters. The number of pyridine rings is 1. The number of nitrogens with zero attached hydrogens (tertiary/aromatic N) is 1. The van der Waals surface area contributed by atoms with Crippen LogP contribution in [0.15, 0.2) is 60.8 Å². The molecule has 2 heterocycles. The Kier molecular flexibility index (Phi) is 4.78. The third-order valence-corrected chi connectivity index (χ3v) is 4.48. The van der Waals surface area contributed by atoms with E-state index in [1.807, 2.05) is 18.2 Å². The van der Waals surface area contributed by atoms with Crippen molar-refractivity contribution in [3.05, 3.63) is 77.2 Å². The van der Waals surface area contributed by atoms with Gasteiger partial charge in [-0.3, -0.25) is 9.78 Å². The largest absolute Gasteiger partial charge is 0.351 e. The first kappa shape index (κ1) is 15.4. The normalized spacial score (nSPS) is 10.5. The van der Waals surface area contributed by atoms with E-state index >= 15 is 0 Å². The zero-order chi connectivity index (χ0) is 16.1. The van der Waals surface area contributed by atoms with E-state index in [0.29, 0.717) is 23.4 Å². The molecule has 0 unspecified atom stereocenters. The first-order valence-electron chi connectivity index (χ1n) is 7.27. The molecule has 3 aromatic rings. The van der Waals surface area contributed by atoms with E-state index in [-0.39, 0.29) is 11.7 Å². The number of aromatic nitrogens is 1. The second-order valence-corrected chi connectivity index (χ2v) is 6.05. The maximum absolute atomic E-state index is 13.8. The Morgan fingerprint density at radius 3 is 2.70 bits per heavy atom. The number of carbonyl (C=O) groups excluding carboxylic acids is 1. The summed E-state index contributed by atoms with van der Waals surface area (Å²) in [6.45, 7) is 0.517. The van der Waals surface area contributed by atoms with Crippen LogP contribution < -0.4 is 5.32 Å². The van der Waals surface area contributed by atoms with Gasteiger partial charge in [-0.05, 0) is 30.3 Å². The molecule has 0 saturated carbocycles. The minimum Gasteiger partial charge on any atom is -0.351 e. The van der Waals surface area contributed by atoms with E-state index in [2.05, 4.69) is 10.3 Å². The smallest absolute Gasteiger partial charge is 0.261 e. The molecule has 0 saturated heterocycles. The third kappa shape index (κ3) is 3.81. The molecule has 1 aromatic carbocycles. The summed E-state index contributed by atoms with van der Waals surface area (Å²) in [5.74, 6) is -0.426. The van der Waals surface area contributed by atoms with Crippen LogP contribution in [0.25, 0.3) is 10.4 Å². The Morgan fingerprint density at radius 2 is 1.91 bits per heavy atom. The van der Waals surface area contributed by atoms with Crippen LogP contribution in [0.1, 0.15) is 15.4 Å². The van der Waals surface area contributed by atoms with Gasteiger partial charge in [-0.15, -0.1) is 11.3 Å². The summed E-state index contributed by atoms with van der Waals surface area (Å²) in [7, 11) is 0. The predicted octanol–water partition coefficient (Wildman–Crippen LogP) is 3.92. The molecule has 0 spiro atoms. The monoisotopic (exact) mass is 326 g/mol. The fourth-order valence-corrected chi connectivity index (χ4v) is 3.15. The lowest BCUT2D eigenvalue weighted by Crippen LogP contribution is -2.25. The van der Waals surface area contributed by atoms with Crippen molar-refractivity contribution >= 4 is 17.2 Å². The van der Waals surface area contributed by atoms with E-state index in [9.17, 15) is 9.18 Å². The van der Waals surface area contributed by atoms with E-state index in [4.69, 9.17) is 0 Å². The van der Waals surface area contributed by atoms with Gasteiger partial charge in [0.1, 0.15) is 5.82 Å². The first-order chi connectivity index (χ1) is 11.2. The molecule has 2 aromatic heterocycles. The summed E-state index contributed by atoms with van der Waals surface area (Å²) in [5.41, 5.74) is 1.45. The lowest BCUT2D eigenvalue weighted by atomic mass is 10.2. The van der Waals surface area contributed by atoms with Crippen LogP contribution in [0, 0.1) is 5.82 Å². The fourth-order valence-electron chi connectivity index (χ4n) is 2.20. The average Bonchev–Trinajstić information content (AvgIpc) is 3.06. The minimum absolute atomic E-state index is 0.145. The SMILES string of the molecule is O=C(NCCc1ccccn1)c1ccc(-c2ccccc2F)s1. The van der Waals surface area contributed by atoms with E-state index < -0.39 is 0 Å². The molecule has 0 aliphatic rings. The van der Waals surface area contributed by atoms with Gasteiger partial charge in [0.25, 0.3) is 5.91 Å². The van der Waals surface area contributed by atoms with Gasteiger partial charge in [-0.25, -0.2) is 4.39 Å². The quantitative estimate of drug-likeness (QED) is 0.772. The van der Waals surface area contributed by atoms with Crippen LogP contribution in [0.3, 0.4) is 0 Å². The fraction of sp³-hybridized carbons (Fsp3) is 0.111. The zero-order valence-corrected chi connectivity index (χ0v) is 13.1. The van der Waals surface area contributed by atoms with Crippen LogP contribution in [0.4, 0.5) is 4.39 Å². The molecule has 0 radical (unpaired) electrons. The highest BCUT2D eigenvalue weighted by atomic mass is 32.1. The molecule has 3 nitrogen and oxygen atoms in total. The Balaban J connectivity index is 1.62. The van der Waals surface area contributed by atoms with Gasteiger partial charge in [-0.2, -0.15) is 0 Å². The average molecular weight is 326 g/mol. The van der Waals surface area contributed by atoms with E-state index in [1.165, 1.54) is 17.4 Å². The van der Waals surface area contributed by atoms with Crippen molar-refractivity contribution in [3.8, 4) is 10.4 Å². The number of benzene rings is 1. The molecule has 23 heavy (non-hydrogen) atoms. The molecule has 116 valence electrons. The summed E-state index contributed by atoms with van der Waals surface area (Å²) in [5, 5.41) is 2.86. The maximum Gasteiger partial charge on any atom is 0.261 e. The number of rotatable bonds is 5. The second-order valence-electron chi connectivity index (χ2n) is 4.97. The third-order valence-electron chi connectivity index (χ3n) is 3.36. The summed E-state index contributed by atoms with van der Waals surface area (Å²) in [4.78, 5) is 17.7. The van der Waals surface area contributed by atoms with Gasteiger partial charge in [0.2, 0.25) is 0 Å². The minimum atomic E-state index is -0.281. The Hall–Kier alpha value is -2.53. The number of hydrogen-bond donors (Lipinski definition) is 1. The van der Waals surface area contributed by atoms with E-state index in [1.54, 1.807) is 36.5 Å². The summed E-state index contributed by atoms with van der Waals surface area (Å²) >= 11 is 1.29. The number of thiophene rings is 1.